The number of rotatable bonds is 6. The van der Waals surface area contributed by atoms with Crippen molar-refractivity contribution in [1.82, 2.24) is 0 Å². The first-order valence-corrected chi connectivity index (χ1v) is 12.7. The van der Waals surface area contributed by atoms with Crippen LogP contribution in [0.5, 0.6) is 0 Å². The van der Waals surface area contributed by atoms with E-state index in [4.69, 9.17) is 0 Å². The highest BCUT2D eigenvalue weighted by atomic mass is 32.2. The third-order valence-electron chi connectivity index (χ3n) is 6.12. The number of sulfonamides is 1. The van der Waals surface area contributed by atoms with Gasteiger partial charge in [-0.3, -0.25) is 19.2 Å². The van der Waals surface area contributed by atoms with Crippen LogP contribution in [-0.2, 0) is 27.4 Å². The van der Waals surface area contributed by atoms with Gasteiger partial charge in [-0.1, -0.05) is 30.3 Å². The predicted octanol–water partition coefficient (Wildman–Crippen LogP) is 5.10. The molecule has 3 aromatic rings. The van der Waals surface area contributed by atoms with E-state index in [9.17, 15) is 36.5 Å². The minimum absolute atomic E-state index is 0.204. The molecule has 0 fully saturated rings. The van der Waals surface area contributed by atoms with Crippen LogP contribution in [0.25, 0.3) is 0 Å². The summed E-state index contributed by atoms with van der Waals surface area (Å²) in [6.07, 6.45) is -3.41. The van der Waals surface area contributed by atoms with Crippen molar-refractivity contribution in [1.29, 1.82) is 0 Å². The van der Waals surface area contributed by atoms with E-state index < -0.39 is 55.4 Å². The van der Waals surface area contributed by atoms with Crippen LogP contribution in [0.4, 0.5) is 30.2 Å². The average Bonchev–Trinajstić information content (AvgIpc) is 2.86. The number of halogens is 3. The van der Waals surface area contributed by atoms with E-state index in [0.717, 1.165) is 42.3 Å². The zero-order valence-corrected chi connectivity index (χ0v) is 20.4. The van der Waals surface area contributed by atoms with Gasteiger partial charge in [0.05, 0.1) is 21.1 Å². The fraction of sp³-hybridized carbons (Fsp3) is 0.240. The van der Waals surface area contributed by atoms with E-state index in [-0.39, 0.29) is 5.56 Å². The smallest absolute Gasteiger partial charge is 0.311 e. The topological polar surface area (TPSA) is 101 Å². The fourth-order valence-corrected chi connectivity index (χ4v) is 5.65. The summed E-state index contributed by atoms with van der Waals surface area (Å²) in [7, 11) is -4.69. The van der Waals surface area contributed by atoms with Gasteiger partial charge in [0.2, 0.25) is 5.91 Å². The molecule has 0 N–H and O–H groups in total. The Morgan fingerprint density at radius 2 is 1.81 bits per heavy atom. The van der Waals surface area contributed by atoms with Gasteiger partial charge in [-0.05, 0) is 55.7 Å². The minimum Gasteiger partial charge on any atom is -0.311 e. The molecule has 0 bridgehead atoms. The third-order valence-corrected chi connectivity index (χ3v) is 7.89. The van der Waals surface area contributed by atoms with Crippen LogP contribution in [0, 0.1) is 17.0 Å². The summed E-state index contributed by atoms with van der Waals surface area (Å²) in [6, 6.07) is 13.9. The first-order chi connectivity index (χ1) is 17.4. The van der Waals surface area contributed by atoms with Gasteiger partial charge in [0.25, 0.3) is 15.7 Å². The average molecular weight is 534 g/mol. The number of alkyl halides is 3. The molecule has 0 aromatic heterocycles. The molecule has 3 aromatic carbocycles. The van der Waals surface area contributed by atoms with Crippen molar-refractivity contribution in [3.05, 3.63) is 93.5 Å². The molecule has 0 aliphatic carbocycles. The van der Waals surface area contributed by atoms with Crippen LogP contribution in [0.2, 0.25) is 0 Å². The van der Waals surface area contributed by atoms with Gasteiger partial charge in [0.15, 0.2) is 0 Å². The highest BCUT2D eigenvalue weighted by molar-refractivity contribution is 7.92. The van der Waals surface area contributed by atoms with Crippen LogP contribution >= 0.6 is 0 Å². The van der Waals surface area contributed by atoms with Crippen molar-refractivity contribution in [2.24, 2.45) is 0 Å². The Labute approximate surface area is 211 Å². The van der Waals surface area contributed by atoms with Crippen molar-refractivity contribution in [3.8, 4) is 0 Å². The molecule has 194 valence electrons. The van der Waals surface area contributed by atoms with Crippen molar-refractivity contribution < 1.29 is 31.3 Å². The van der Waals surface area contributed by atoms with Gasteiger partial charge in [-0.2, -0.15) is 13.2 Å². The summed E-state index contributed by atoms with van der Waals surface area (Å²) < 4.78 is 68.3. The summed E-state index contributed by atoms with van der Waals surface area (Å²) in [5.74, 6) is -0.644. The van der Waals surface area contributed by atoms with E-state index in [1.807, 2.05) is 12.1 Å². The third kappa shape index (κ3) is 5.29. The fourth-order valence-electron chi connectivity index (χ4n) is 4.23. The van der Waals surface area contributed by atoms with E-state index in [1.165, 1.54) is 17.9 Å². The van der Waals surface area contributed by atoms with Gasteiger partial charge >= 0.3 is 6.18 Å². The molecule has 8 nitrogen and oxygen atoms in total. The Kier molecular flexibility index (Phi) is 6.96. The lowest BCUT2D eigenvalue weighted by Gasteiger charge is -2.32. The molecule has 0 saturated heterocycles. The zero-order chi connectivity index (χ0) is 27.0. The quantitative estimate of drug-likeness (QED) is 0.324. The number of hydrogen-bond acceptors (Lipinski definition) is 5. The molecule has 1 heterocycles. The summed E-state index contributed by atoms with van der Waals surface area (Å²) in [4.78, 5) is 25.0. The molecular formula is C25H22F3N3O5S. The number of aryl methyl sites for hydroxylation is 2. The summed E-state index contributed by atoms with van der Waals surface area (Å²) in [6.45, 7) is 0.929. The largest absolute Gasteiger partial charge is 0.416 e. The molecule has 1 amide bonds. The number of carbonyl (C=O) groups is 1. The molecule has 12 heteroatoms. The molecule has 0 atom stereocenters. The maximum Gasteiger partial charge on any atom is 0.416 e. The van der Waals surface area contributed by atoms with Gasteiger partial charge < -0.3 is 4.90 Å². The Hall–Kier alpha value is -3.93. The van der Waals surface area contributed by atoms with Gasteiger partial charge in [0.1, 0.15) is 6.54 Å². The maximum atomic E-state index is 13.7. The summed E-state index contributed by atoms with van der Waals surface area (Å²) in [5.41, 5.74) is -0.264. The first-order valence-electron chi connectivity index (χ1n) is 11.2. The summed E-state index contributed by atoms with van der Waals surface area (Å²) >= 11 is 0. The molecule has 37 heavy (non-hydrogen) atoms. The molecule has 0 radical (unpaired) electrons. The van der Waals surface area contributed by atoms with E-state index in [1.54, 1.807) is 12.1 Å². The molecule has 4 rings (SSSR count). The SMILES string of the molecule is Cc1ccc(S(=O)(=O)N(CC(=O)N2CCCc3ccccc32)c2cccc(C(F)(F)F)c2)cc1[N+](=O)[O-]. The highest BCUT2D eigenvalue weighted by Gasteiger charge is 2.35. The van der Waals surface area contributed by atoms with Crippen LogP contribution in [-0.4, -0.2) is 32.3 Å². The lowest BCUT2D eigenvalue weighted by Crippen LogP contribution is -2.45. The number of carbonyl (C=O) groups excluding carboxylic acids is 1. The van der Waals surface area contributed by atoms with Gasteiger partial charge in [-0.25, -0.2) is 8.42 Å². The highest BCUT2D eigenvalue weighted by Crippen LogP contribution is 2.34. The Morgan fingerprint density at radius 1 is 1.08 bits per heavy atom. The summed E-state index contributed by atoms with van der Waals surface area (Å²) in [5, 5.41) is 11.4. The number of fused-ring (bicyclic) bond motifs is 1. The number of benzene rings is 3. The van der Waals surface area contributed by atoms with Crippen molar-refractivity contribution in [3.63, 3.8) is 0 Å². The molecule has 0 saturated carbocycles. The second kappa shape index (κ2) is 9.85. The Bertz CT molecular complexity index is 1470. The number of para-hydroxylation sites is 1. The van der Waals surface area contributed by atoms with Gasteiger partial charge in [-0.15, -0.1) is 0 Å². The predicted molar refractivity (Wildman–Crippen MR) is 131 cm³/mol. The van der Waals surface area contributed by atoms with Crippen molar-refractivity contribution in [2.45, 2.75) is 30.8 Å². The van der Waals surface area contributed by atoms with Gasteiger partial charge in [0, 0.05) is 23.9 Å². The van der Waals surface area contributed by atoms with Crippen LogP contribution in [0.15, 0.2) is 71.6 Å². The van der Waals surface area contributed by atoms with Crippen molar-refractivity contribution in [2.75, 3.05) is 22.3 Å². The normalized spacial score (nSPS) is 13.7. The van der Waals surface area contributed by atoms with E-state index in [0.29, 0.717) is 29.0 Å². The minimum atomic E-state index is -4.76. The van der Waals surface area contributed by atoms with Crippen LogP contribution < -0.4 is 9.21 Å². The number of hydrogen-bond donors (Lipinski definition) is 0. The lowest BCUT2D eigenvalue weighted by atomic mass is 10.0. The van der Waals surface area contributed by atoms with E-state index >= 15 is 0 Å². The Balaban J connectivity index is 1.81. The molecule has 1 aliphatic heterocycles. The zero-order valence-electron chi connectivity index (χ0n) is 19.6. The number of amides is 1. The first kappa shape index (κ1) is 26.1. The van der Waals surface area contributed by atoms with E-state index in [2.05, 4.69) is 0 Å². The number of nitrogens with zero attached hydrogens (tertiary/aromatic N) is 3. The maximum absolute atomic E-state index is 13.7. The Morgan fingerprint density at radius 3 is 2.51 bits per heavy atom. The molecule has 0 spiro atoms. The number of anilines is 2. The molecular weight excluding hydrogens is 511 g/mol. The molecule has 0 unspecified atom stereocenters. The second-order valence-electron chi connectivity index (χ2n) is 8.54. The number of nitro groups is 1. The number of nitro benzene ring substituents is 1. The standard InChI is InChI=1S/C25H22F3N3O5S/c1-17-11-12-21(15-23(17)31(33)34)37(35,36)30(20-9-4-8-19(14-20)25(26,27)28)16-24(32)29-13-5-7-18-6-2-3-10-22(18)29/h2-4,6,8-12,14-15H,5,7,13,16H2,1H3. The molecule has 1 aliphatic rings. The second-order valence-corrected chi connectivity index (χ2v) is 10.4. The lowest BCUT2D eigenvalue weighted by molar-refractivity contribution is -0.385. The van der Waals surface area contributed by atoms with Crippen LogP contribution in [0.3, 0.4) is 0 Å². The van der Waals surface area contributed by atoms with Crippen LogP contribution in [0.1, 0.15) is 23.1 Å². The monoisotopic (exact) mass is 533 g/mol. The van der Waals surface area contributed by atoms with Crippen molar-refractivity contribution >= 4 is 33.0 Å².